The van der Waals surface area contributed by atoms with Crippen molar-refractivity contribution in [2.24, 2.45) is 0 Å². The number of urea groups is 1. The summed E-state index contributed by atoms with van der Waals surface area (Å²) < 4.78 is 0. The third-order valence-electron chi connectivity index (χ3n) is 4.91. The fourth-order valence-electron chi connectivity index (χ4n) is 3.49. The second-order valence-electron chi connectivity index (χ2n) is 7.70. The second-order valence-corrected chi connectivity index (χ2v) is 7.70. The fourth-order valence-corrected chi connectivity index (χ4v) is 3.49. The average molecular weight is 416 g/mol. The van der Waals surface area contributed by atoms with Crippen molar-refractivity contribution in [2.75, 3.05) is 26.0 Å². The Kier molecular flexibility index (Phi) is 5.90. The molecular weight excluding hydrogens is 390 g/mol. The number of amides is 2. The summed E-state index contributed by atoms with van der Waals surface area (Å²) in [6, 6.07) is 15.1. The van der Waals surface area contributed by atoms with Gasteiger partial charge in [0.15, 0.2) is 0 Å². The molecule has 0 aliphatic rings. The van der Waals surface area contributed by atoms with Gasteiger partial charge in [0.1, 0.15) is 11.5 Å². The van der Waals surface area contributed by atoms with Crippen LogP contribution in [-0.4, -0.2) is 51.7 Å². The third-order valence-corrected chi connectivity index (χ3v) is 4.91. The number of nitrogens with zero attached hydrogens (tertiary/aromatic N) is 4. The quantitative estimate of drug-likeness (QED) is 0.445. The van der Waals surface area contributed by atoms with Gasteiger partial charge in [-0.2, -0.15) is 5.10 Å². The first-order valence-corrected chi connectivity index (χ1v) is 10.0. The Labute approximate surface area is 180 Å². The van der Waals surface area contributed by atoms with Crippen LogP contribution in [0.5, 0.6) is 0 Å². The predicted molar refractivity (Wildman–Crippen MR) is 122 cm³/mol. The standard InChI is InChI=1S/C23H25N7O/c1-15-11-17(9-10-24-15)22-18-13-25-21(12-19(18)28-29-22)27-23(31)26-20(14-30(2)3)16-7-5-4-6-8-16/h4-13,20H,14H2,1-3H3,(H,28,29)(H2,25,26,27,31)/t20-/m0/s1. The van der Waals surface area contributed by atoms with Gasteiger partial charge in [-0.05, 0) is 38.7 Å². The van der Waals surface area contributed by atoms with Crippen LogP contribution in [0.1, 0.15) is 17.3 Å². The highest BCUT2D eigenvalue weighted by Crippen LogP contribution is 2.27. The summed E-state index contributed by atoms with van der Waals surface area (Å²) in [4.78, 5) is 23.3. The Hall–Kier alpha value is -3.78. The number of carbonyl (C=O) groups is 1. The molecule has 1 atom stereocenters. The Morgan fingerprint density at radius 2 is 1.94 bits per heavy atom. The highest BCUT2D eigenvalue weighted by Gasteiger charge is 2.16. The summed E-state index contributed by atoms with van der Waals surface area (Å²) in [5.41, 5.74) is 4.53. The molecule has 1 aromatic carbocycles. The first kappa shape index (κ1) is 20.5. The van der Waals surface area contributed by atoms with Crippen LogP contribution >= 0.6 is 0 Å². The van der Waals surface area contributed by atoms with Crippen molar-refractivity contribution in [3.05, 3.63) is 72.2 Å². The number of carbonyl (C=O) groups excluding carboxylic acids is 1. The lowest BCUT2D eigenvalue weighted by Gasteiger charge is -2.23. The molecule has 2 amide bonds. The van der Waals surface area contributed by atoms with E-state index in [4.69, 9.17) is 0 Å². The summed E-state index contributed by atoms with van der Waals surface area (Å²) in [5.74, 6) is 0.447. The molecule has 31 heavy (non-hydrogen) atoms. The molecule has 8 nitrogen and oxygen atoms in total. The number of anilines is 1. The summed E-state index contributed by atoms with van der Waals surface area (Å²) in [7, 11) is 3.95. The van der Waals surface area contributed by atoms with Gasteiger partial charge in [0, 0.05) is 41.6 Å². The number of benzene rings is 1. The van der Waals surface area contributed by atoms with E-state index in [2.05, 4.69) is 30.8 Å². The van der Waals surface area contributed by atoms with E-state index < -0.39 is 0 Å². The number of likely N-dealkylation sites (N-methyl/N-ethyl adjacent to an activating group) is 1. The van der Waals surface area contributed by atoms with Crippen molar-refractivity contribution in [3.8, 4) is 11.3 Å². The molecule has 0 radical (unpaired) electrons. The molecule has 3 heterocycles. The van der Waals surface area contributed by atoms with Gasteiger partial charge in [-0.1, -0.05) is 30.3 Å². The number of aromatic nitrogens is 4. The van der Waals surface area contributed by atoms with E-state index in [0.29, 0.717) is 12.4 Å². The normalized spacial score (nSPS) is 12.1. The van der Waals surface area contributed by atoms with Crippen LogP contribution in [0.2, 0.25) is 0 Å². The smallest absolute Gasteiger partial charge is 0.320 e. The third kappa shape index (κ3) is 4.87. The number of aromatic amines is 1. The van der Waals surface area contributed by atoms with Crippen LogP contribution in [0.4, 0.5) is 10.6 Å². The van der Waals surface area contributed by atoms with Crippen LogP contribution < -0.4 is 10.6 Å². The molecule has 4 aromatic rings. The molecule has 4 rings (SSSR count). The van der Waals surface area contributed by atoms with Gasteiger partial charge in [-0.3, -0.25) is 15.4 Å². The zero-order valence-electron chi connectivity index (χ0n) is 17.8. The van der Waals surface area contributed by atoms with Crippen molar-refractivity contribution in [2.45, 2.75) is 13.0 Å². The molecule has 0 bridgehead atoms. The van der Waals surface area contributed by atoms with Crippen LogP contribution in [-0.2, 0) is 0 Å². The summed E-state index contributed by atoms with van der Waals surface area (Å²) in [6.45, 7) is 2.62. The van der Waals surface area contributed by atoms with Crippen LogP contribution in [0.15, 0.2) is 60.9 Å². The average Bonchev–Trinajstić information content (AvgIpc) is 3.17. The molecule has 8 heteroatoms. The second kappa shape index (κ2) is 8.93. The molecule has 0 aliphatic carbocycles. The van der Waals surface area contributed by atoms with Crippen molar-refractivity contribution in [3.63, 3.8) is 0 Å². The van der Waals surface area contributed by atoms with Crippen LogP contribution in [0, 0.1) is 6.92 Å². The first-order chi connectivity index (χ1) is 15.0. The SMILES string of the molecule is Cc1cc(-c2n[nH]c3cc(NC(=O)N[C@@H](CN(C)C)c4ccccc4)ncc23)ccn1. The maximum Gasteiger partial charge on any atom is 0.320 e. The molecule has 3 aromatic heterocycles. The van der Waals surface area contributed by atoms with Crippen LogP contribution in [0.25, 0.3) is 22.2 Å². The van der Waals surface area contributed by atoms with Gasteiger partial charge >= 0.3 is 6.03 Å². The summed E-state index contributed by atoms with van der Waals surface area (Å²) >= 11 is 0. The van der Waals surface area contributed by atoms with Gasteiger partial charge in [0.05, 0.1) is 11.6 Å². The van der Waals surface area contributed by atoms with Crippen molar-refractivity contribution >= 4 is 22.8 Å². The minimum absolute atomic E-state index is 0.145. The van der Waals surface area contributed by atoms with Gasteiger partial charge in [-0.15, -0.1) is 0 Å². The zero-order valence-corrected chi connectivity index (χ0v) is 17.8. The largest absolute Gasteiger partial charge is 0.330 e. The Morgan fingerprint density at radius 1 is 1.13 bits per heavy atom. The van der Waals surface area contributed by atoms with E-state index in [0.717, 1.165) is 33.4 Å². The van der Waals surface area contributed by atoms with E-state index >= 15 is 0 Å². The number of fused-ring (bicyclic) bond motifs is 1. The van der Waals surface area contributed by atoms with Crippen molar-refractivity contribution in [1.82, 2.24) is 30.4 Å². The van der Waals surface area contributed by atoms with E-state index in [1.165, 1.54) is 0 Å². The van der Waals surface area contributed by atoms with Crippen molar-refractivity contribution in [1.29, 1.82) is 0 Å². The number of hydrogen-bond acceptors (Lipinski definition) is 5. The lowest BCUT2D eigenvalue weighted by atomic mass is 10.1. The Balaban J connectivity index is 1.51. The topological polar surface area (TPSA) is 98.8 Å². The lowest BCUT2D eigenvalue weighted by Crippen LogP contribution is -2.37. The van der Waals surface area contributed by atoms with Gasteiger partial charge in [0.2, 0.25) is 0 Å². The highest BCUT2D eigenvalue weighted by atomic mass is 16.2. The Bertz CT molecular complexity index is 1190. The van der Waals surface area contributed by atoms with E-state index in [1.807, 2.05) is 68.4 Å². The Morgan fingerprint density at radius 3 is 2.68 bits per heavy atom. The number of rotatable bonds is 6. The molecular formula is C23H25N7O. The predicted octanol–water partition coefficient (Wildman–Crippen LogP) is 3.75. The minimum atomic E-state index is -0.313. The van der Waals surface area contributed by atoms with Gasteiger partial charge < -0.3 is 10.2 Å². The maximum atomic E-state index is 12.7. The minimum Gasteiger partial charge on any atom is -0.330 e. The molecule has 0 fully saturated rings. The molecule has 158 valence electrons. The molecule has 0 saturated heterocycles. The van der Waals surface area contributed by atoms with E-state index in [-0.39, 0.29) is 12.1 Å². The van der Waals surface area contributed by atoms with Gasteiger partial charge in [0.25, 0.3) is 0 Å². The number of nitrogens with one attached hydrogen (secondary N) is 3. The lowest BCUT2D eigenvalue weighted by molar-refractivity contribution is 0.244. The zero-order chi connectivity index (χ0) is 21.8. The number of hydrogen-bond donors (Lipinski definition) is 3. The molecule has 0 saturated carbocycles. The van der Waals surface area contributed by atoms with E-state index in [9.17, 15) is 4.79 Å². The van der Waals surface area contributed by atoms with Crippen LogP contribution in [0.3, 0.4) is 0 Å². The first-order valence-electron chi connectivity index (χ1n) is 10.0. The number of H-pyrrole nitrogens is 1. The summed E-state index contributed by atoms with van der Waals surface area (Å²) in [6.07, 6.45) is 3.48. The molecule has 0 aliphatic heterocycles. The van der Waals surface area contributed by atoms with Crippen molar-refractivity contribution < 1.29 is 4.79 Å². The molecule has 0 spiro atoms. The van der Waals surface area contributed by atoms with Gasteiger partial charge in [-0.25, -0.2) is 9.78 Å². The fraction of sp³-hybridized carbons (Fsp3) is 0.217. The van der Waals surface area contributed by atoms with E-state index in [1.54, 1.807) is 18.5 Å². The highest BCUT2D eigenvalue weighted by molar-refractivity contribution is 5.95. The monoisotopic (exact) mass is 415 g/mol. The number of aryl methyl sites for hydroxylation is 1. The summed E-state index contributed by atoms with van der Waals surface area (Å²) in [5, 5.41) is 14.2. The molecule has 0 unspecified atom stereocenters. The number of pyridine rings is 2. The molecule has 3 N–H and O–H groups in total. The maximum absolute atomic E-state index is 12.7.